The van der Waals surface area contributed by atoms with Gasteiger partial charge in [-0.15, -0.1) is 0 Å². The second kappa shape index (κ2) is 7.23. The van der Waals surface area contributed by atoms with Crippen LogP contribution in [-0.2, 0) is 10.9 Å². The highest BCUT2D eigenvalue weighted by molar-refractivity contribution is 9.10. The van der Waals surface area contributed by atoms with E-state index in [2.05, 4.69) is 21.4 Å². The van der Waals surface area contributed by atoms with E-state index in [4.69, 9.17) is 10.6 Å². The number of hydrogen-bond acceptors (Lipinski definition) is 3. The van der Waals surface area contributed by atoms with Crippen LogP contribution in [0.25, 0.3) is 0 Å². The molecule has 0 bridgehead atoms. The SMILES string of the molecule is COCCCC(NN)c1ccc(Br)c(C(F)(F)F)c1. The molecule has 1 unspecified atom stereocenters. The second-order valence-corrected chi connectivity index (χ2v) is 4.95. The van der Waals surface area contributed by atoms with Gasteiger partial charge in [-0.3, -0.25) is 11.3 Å². The minimum Gasteiger partial charge on any atom is -0.385 e. The largest absolute Gasteiger partial charge is 0.417 e. The molecule has 0 aliphatic rings. The first-order valence-electron chi connectivity index (χ1n) is 5.72. The quantitative estimate of drug-likeness (QED) is 0.474. The van der Waals surface area contributed by atoms with E-state index in [1.807, 2.05) is 0 Å². The smallest absolute Gasteiger partial charge is 0.385 e. The number of rotatable bonds is 6. The van der Waals surface area contributed by atoms with Crippen molar-refractivity contribution in [3.63, 3.8) is 0 Å². The average molecular weight is 341 g/mol. The molecule has 0 heterocycles. The van der Waals surface area contributed by atoms with Gasteiger partial charge in [0.05, 0.1) is 5.56 Å². The van der Waals surface area contributed by atoms with E-state index in [0.29, 0.717) is 25.0 Å². The average Bonchev–Trinajstić information content (AvgIpc) is 2.34. The Balaban J connectivity index is 2.93. The lowest BCUT2D eigenvalue weighted by molar-refractivity contribution is -0.138. The normalized spacial score (nSPS) is 13.6. The molecular formula is C12H16BrF3N2O. The molecule has 0 radical (unpaired) electrons. The zero-order valence-corrected chi connectivity index (χ0v) is 12.0. The molecule has 0 aliphatic carbocycles. The third-order valence-corrected chi connectivity index (χ3v) is 3.43. The van der Waals surface area contributed by atoms with Gasteiger partial charge in [0.25, 0.3) is 0 Å². The number of hydrazine groups is 1. The molecule has 19 heavy (non-hydrogen) atoms. The van der Waals surface area contributed by atoms with Crippen LogP contribution in [0.5, 0.6) is 0 Å². The van der Waals surface area contributed by atoms with E-state index in [0.717, 1.165) is 6.07 Å². The van der Waals surface area contributed by atoms with E-state index in [9.17, 15) is 13.2 Å². The molecule has 0 amide bonds. The van der Waals surface area contributed by atoms with Crippen LogP contribution < -0.4 is 11.3 Å². The Bertz CT molecular complexity index is 412. The van der Waals surface area contributed by atoms with Crippen molar-refractivity contribution in [1.82, 2.24) is 5.43 Å². The third-order valence-electron chi connectivity index (χ3n) is 2.74. The highest BCUT2D eigenvalue weighted by atomic mass is 79.9. The van der Waals surface area contributed by atoms with Crippen molar-refractivity contribution >= 4 is 15.9 Å². The van der Waals surface area contributed by atoms with Gasteiger partial charge in [-0.2, -0.15) is 13.2 Å². The topological polar surface area (TPSA) is 47.3 Å². The van der Waals surface area contributed by atoms with Crippen LogP contribution in [0.15, 0.2) is 22.7 Å². The number of nitrogens with one attached hydrogen (secondary N) is 1. The van der Waals surface area contributed by atoms with Crippen molar-refractivity contribution in [2.45, 2.75) is 25.1 Å². The molecule has 108 valence electrons. The standard InChI is InChI=1S/C12H16BrF3N2O/c1-19-6-2-3-11(18-17)8-4-5-10(13)9(7-8)12(14,15)16/h4-5,7,11,18H,2-3,6,17H2,1H3. The Hall–Kier alpha value is -0.630. The van der Waals surface area contributed by atoms with Crippen LogP contribution in [0.3, 0.4) is 0 Å². The fraction of sp³-hybridized carbons (Fsp3) is 0.500. The van der Waals surface area contributed by atoms with Gasteiger partial charge < -0.3 is 4.74 Å². The number of methoxy groups -OCH3 is 1. The lowest BCUT2D eigenvalue weighted by Gasteiger charge is -2.18. The molecule has 3 N–H and O–H groups in total. The van der Waals surface area contributed by atoms with Gasteiger partial charge in [-0.05, 0) is 30.5 Å². The molecule has 0 fully saturated rings. The molecule has 1 aromatic rings. The number of ether oxygens (including phenoxy) is 1. The van der Waals surface area contributed by atoms with Crippen molar-refractivity contribution < 1.29 is 17.9 Å². The van der Waals surface area contributed by atoms with Gasteiger partial charge in [0.2, 0.25) is 0 Å². The summed E-state index contributed by atoms with van der Waals surface area (Å²) in [5, 5.41) is 0. The van der Waals surface area contributed by atoms with E-state index in [1.165, 1.54) is 6.07 Å². The second-order valence-electron chi connectivity index (χ2n) is 4.09. The van der Waals surface area contributed by atoms with Crippen LogP contribution in [-0.4, -0.2) is 13.7 Å². The van der Waals surface area contributed by atoms with Crippen LogP contribution in [0.2, 0.25) is 0 Å². The molecule has 3 nitrogen and oxygen atoms in total. The van der Waals surface area contributed by atoms with Gasteiger partial charge in [0.15, 0.2) is 0 Å². The number of benzene rings is 1. The van der Waals surface area contributed by atoms with Crippen molar-refractivity contribution in [3.05, 3.63) is 33.8 Å². The minimum absolute atomic E-state index is 0.0245. The summed E-state index contributed by atoms with van der Waals surface area (Å²) in [5.41, 5.74) is 2.35. The Kier molecular flexibility index (Phi) is 6.25. The predicted molar refractivity (Wildman–Crippen MR) is 70.3 cm³/mol. The summed E-state index contributed by atoms with van der Waals surface area (Å²) < 4.78 is 43.3. The maximum absolute atomic E-state index is 12.8. The van der Waals surface area contributed by atoms with E-state index in [1.54, 1.807) is 13.2 Å². The molecule has 1 aromatic carbocycles. The monoisotopic (exact) mass is 340 g/mol. The van der Waals surface area contributed by atoms with E-state index >= 15 is 0 Å². The molecule has 0 aromatic heterocycles. The molecule has 0 aliphatic heterocycles. The molecule has 0 spiro atoms. The Morgan fingerprint density at radius 1 is 1.42 bits per heavy atom. The number of nitrogens with two attached hydrogens (primary N) is 1. The van der Waals surface area contributed by atoms with Crippen molar-refractivity contribution in [1.29, 1.82) is 0 Å². The minimum atomic E-state index is -4.39. The zero-order valence-electron chi connectivity index (χ0n) is 10.4. The lowest BCUT2D eigenvalue weighted by Crippen LogP contribution is -2.28. The number of hydrogen-bond donors (Lipinski definition) is 2. The summed E-state index contributed by atoms with van der Waals surface area (Å²) in [7, 11) is 1.58. The first-order valence-corrected chi connectivity index (χ1v) is 6.51. The molecule has 0 saturated heterocycles. The van der Waals surface area contributed by atoms with Crippen molar-refractivity contribution in [3.8, 4) is 0 Å². The summed E-state index contributed by atoms with van der Waals surface area (Å²) in [6.07, 6.45) is -3.08. The van der Waals surface area contributed by atoms with Gasteiger partial charge in [0.1, 0.15) is 0 Å². The predicted octanol–water partition coefficient (Wildman–Crippen LogP) is 3.40. The maximum atomic E-state index is 12.8. The highest BCUT2D eigenvalue weighted by Crippen LogP contribution is 2.36. The lowest BCUT2D eigenvalue weighted by atomic mass is 10.0. The summed E-state index contributed by atoms with van der Waals surface area (Å²) in [6, 6.07) is 3.79. The number of halogens is 4. The van der Waals surface area contributed by atoms with E-state index < -0.39 is 11.7 Å². The van der Waals surface area contributed by atoms with Crippen LogP contribution in [0.1, 0.15) is 30.0 Å². The van der Waals surface area contributed by atoms with E-state index in [-0.39, 0.29) is 10.5 Å². The Morgan fingerprint density at radius 3 is 2.63 bits per heavy atom. The van der Waals surface area contributed by atoms with Gasteiger partial charge in [-0.1, -0.05) is 22.0 Å². The first-order chi connectivity index (χ1) is 8.90. The van der Waals surface area contributed by atoms with Gasteiger partial charge in [0, 0.05) is 24.2 Å². The molecular weight excluding hydrogens is 325 g/mol. The van der Waals surface area contributed by atoms with Gasteiger partial charge >= 0.3 is 6.18 Å². The highest BCUT2D eigenvalue weighted by Gasteiger charge is 2.33. The van der Waals surface area contributed by atoms with Crippen molar-refractivity contribution in [2.24, 2.45) is 5.84 Å². The Morgan fingerprint density at radius 2 is 2.11 bits per heavy atom. The molecule has 0 saturated carbocycles. The first kappa shape index (κ1) is 16.4. The maximum Gasteiger partial charge on any atom is 0.417 e. The fourth-order valence-electron chi connectivity index (χ4n) is 1.75. The van der Waals surface area contributed by atoms with Crippen molar-refractivity contribution in [2.75, 3.05) is 13.7 Å². The zero-order chi connectivity index (χ0) is 14.5. The summed E-state index contributed by atoms with van der Waals surface area (Å²) in [6.45, 7) is 0.542. The van der Waals surface area contributed by atoms with Gasteiger partial charge in [-0.25, -0.2) is 0 Å². The number of alkyl halides is 3. The molecule has 1 rings (SSSR count). The van der Waals surface area contributed by atoms with Crippen LogP contribution in [0, 0.1) is 0 Å². The third kappa shape index (κ3) is 4.76. The molecule has 7 heteroatoms. The Labute approximate surface area is 118 Å². The summed E-state index contributed by atoms with van der Waals surface area (Å²) in [5.74, 6) is 5.40. The summed E-state index contributed by atoms with van der Waals surface area (Å²) in [4.78, 5) is 0. The molecule has 1 atom stereocenters. The van der Waals surface area contributed by atoms with Crippen LogP contribution >= 0.6 is 15.9 Å². The summed E-state index contributed by atoms with van der Waals surface area (Å²) >= 11 is 2.91. The fourth-order valence-corrected chi connectivity index (χ4v) is 2.23. The van der Waals surface area contributed by atoms with Crippen LogP contribution in [0.4, 0.5) is 13.2 Å².